The molecule has 8 nitrogen and oxygen atoms in total. The van der Waals surface area contributed by atoms with Gasteiger partial charge in [0, 0.05) is 12.3 Å². The molecule has 0 aliphatic rings. The monoisotopic (exact) mass is 498 g/mol. The second-order valence-electron chi connectivity index (χ2n) is 6.76. The van der Waals surface area contributed by atoms with Gasteiger partial charge in [-0.15, -0.1) is 6.42 Å². The second kappa shape index (κ2) is 21.0. The molecule has 0 saturated carbocycles. The third kappa shape index (κ3) is 23.4. The summed E-state index contributed by atoms with van der Waals surface area (Å²) >= 11 is 0. The highest BCUT2D eigenvalue weighted by Crippen LogP contribution is 2.35. The van der Waals surface area contributed by atoms with E-state index in [1.54, 1.807) is 0 Å². The van der Waals surface area contributed by atoms with Crippen molar-refractivity contribution < 1.29 is 37.9 Å². The average Bonchev–Trinajstić information content (AvgIpc) is 2.81. The van der Waals surface area contributed by atoms with Crippen LogP contribution in [-0.4, -0.2) is 41.0 Å². The van der Waals surface area contributed by atoms with Crippen molar-refractivity contribution in [1.82, 2.24) is 0 Å². The first-order chi connectivity index (χ1) is 16.8. The molecule has 0 aromatic rings. The van der Waals surface area contributed by atoms with Gasteiger partial charge in [-0.1, -0.05) is 45.4 Å². The van der Waals surface area contributed by atoms with Crippen LogP contribution in [0.1, 0.15) is 58.3 Å². The number of ether oxygens (including phenoxy) is 2. The van der Waals surface area contributed by atoms with Gasteiger partial charge >= 0.3 is 19.8 Å². The number of hydrogen-bond acceptors (Lipinski definition) is 6. The van der Waals surface area contributed by atoms with E-state index in [4.69, 9.17) is 25.7 Å². The summed E-state index contributed by atoms with van der Waals surface area (Å²) in [4.78, 5) is 41.5. The first-order valence-electron chi connectivity index (χ1n) is 10.8. The Bertz CT molecular complexity index is 1090. The van der Waals surface area contributed by atoms with Crippen LogP contribution in [0.15, 0.2) is 0 Å². The summed E-state index contributed by atoms with van der Waals surface area (Å²) in [6, 6.07) is 0. The number of rotatable bonds is 14. The van der Waals surface area contributed by atoms with Crippen molar-refractivity contribution in [1.29, 1.82) is 0 Å². The molecule has 0 aromatic heterocycles. The van der Waals surface area contributed by atoms with Crippen LogP contribution in [0.5, 0.6) is 0 Å². The number of esters is 2. The minimum atomic E-state index is -4.81. The third-order valence-corrected chi connectivity index (χ3v) is 4.33. The van der Waals surface area contributed by atoms with Gasteiger partial charge in [-0.25, -0.2) is 9.36 Å². The zero-order valence-corrected chi connectivity index (χ0v) is 20.4. The molecule has 0 radical (unpaired) electrons. The number of terminal acetylenes is 1. The predicted octanol–water partition coefficient (Wildman–Crippen LogP) is 2.34. The van der Waals surface area contributed by atoms with Crippen molar-refractivity contribution in [2.75, 3.05) is 13.2 Å². The van der Waals surface area contributed by atoms with E-state index < -0.39 is 39.1 Å². The second-order valence-corrected chi connectivity index (χ2v) is 8.00. The van der Waals surface area contributed by atoms with Crippen LogP contribution in [0.2, 0.25) is 0 Å². The summed E-state index contributed by atoms with van der Waals surface area (Å²) < 4.78 is 25.3. The molecule has 35 heavy (non-hydrogen) atoms. The van der Waals surface area contributed by atoms with Crippen LogP contribution in [0.3, 0.4) is 0 Å². The summed E-state index contributed by atoms with van der Waals surface area (Å²) in [5.74, 6) is 23.6. The van der Waals surface area contributed by atoms with Gasteiger partial charge in [0.25, 0.3) is 0 Å². The lowest BCUT2D eigenvalue weighted by atomic mass is 10.1. The first kappa shape index (κ1) is 31.4. The molecule has 0 fully saturated rings. The highest BCUT2D eigenvalue weighted by atomic mass is 31.2. The molecule has 0 amide bonds. The van der Waals surface area contributed by atoms with E-state index in [1.807, 2.05) is 0 Å². The van der Waals surface area contributed by atoms with Gasteiger partial charge in [0.1, 0.15) is 6.61 Å². The summed E-state index contributed by atoms with van der Waals surface area (Å²) in [5.41, 5.74) is 0. The molecule has 0 saturated heterocycles. The molecular formula is C26H27O8P. The van der Waals surface area contributed by atoms with Crippen LogP contribution in [0.25, 0.3) is 0 Å². The van der Waals surface area contributed by atoms with Crippen molar-refractivity contribution in [3.63, 3.8) is 0 Å². The molecule has 0 rings (SSSR count). The molecule has 0 spiro atoms. The van der Waals surface area contributed by atoms with Gasteiger partial charge in [-0.3, -0.25) is 9.32 Å². The van der Waals surface area contributed by atoms with E-state index in [0.717, 1.165) is 32.1 Å². The number of phosphoric acid groups is 1. The standard InChI is InChI=1S/C26H27O8P/c1-3-5-7-9-11-12-13-15-16-18-20-25(27)32-22-24(23-33-35(29,30)31)34-26(28)21-19-17-14-10-8-6-4-2/h1,24H,4,6,8,10,14,17,19,21-23H2,2H3,(H2,29,30,31)/t24-/m0/s1. The summed E-state index contributed by atoms with van der Waals surface area (Å²) in [6.07, 6.45) is 10.9. The molecule has 0 unspecified atom stereocenters. The van der Waals surface area contributed by atoms with Crippen LogP contribution in [0, 0.1) is 71.5 Å². The maximum absolute atomic E-state index is 12.0. The fourth-order valence-electron chi connectivity index (χ4n) is 2.31. The number of phosphoric ester groups is 1. The Morgan fingerprint density at radius 1 is 0.829 bits per heavy atom. The van der Waals surface area contributed by atoms with Crippen LogP contribution < -0.4 is 0 Å². The zero-order chi connectivity index (χ0) is 26.2. The van der Waals surface area contributed by atoms with E-state index >= 15 is 0 Å². The SMILES string of the molecule is C#CC#CC#CC#CC#CC#CC(=O)OC[C@@H](COP(=O)(O)O)OC(=O)CCCCCCCCC. The first-order valence-corrected chi connectivity index (χ1v) is 12.3. The van der Waals surface area contributed by atoms with E-state index in [-0.39, 0.29) is 6.42 Å². The number of unbranched alkanes of at least 4 members (excludes halogenated alkanes) is 6. The molecule has 1 atom stereocenters. The zero-order valence-electron chi connectivity index (χ0n) is 19.5. The molecule has 0 aromatic carbocycles. The summed E-state index contributed by atoms with van der Waals surface area (Å²) in [6.45, 7) is 0.976. The molecule has 9 heteroatoms. The van der Waals surface area contributed by atoms with E-state index in [1.165, 1.54) is 6.42 Å². The topological polar surface area (TPSA) is 119 Å². The number of carbonyl (C=O) groups is 2. The largest absolute Gasteiger partial charge is 0.469 e. The average molecular weight is 498 g/mol. The minimum Gasteiger partial charge on any atom is -0.456 e. The van der Waals surface area contributed by atoms with E-state index in [0.29, 0.717) is 6.42 Å². The Morgan fingerprint density at radius 3 is 1.94 bits per heavy atom. The van der Waals surface area contributed by atoms with Crippen LogP contribution >= 0.6 is 7.82 Å². The van der Waals surface area contributed by atoms with Crippen molar-refractivity contribution >= 4 is 19.8 Å². The van der Waals surface area contributed by atoms with Gasteiger partial charge < -0.3 is 19.3 Å². The number of hydrogen-bond donors (Lipinski definition) is 2. The van der Waals surface area contributed by atoms with Crippen molar-refractivity contribution in [2.24, 2.45) is 0 Å². The molecule has 2 N–H and O–H groups in total. The van der Waals surface area contributed by atoms with Crippen LogP contribution in [-0.2, 0) is 28.2 Å². The highest BCUT2D eigenvalue weighted by molar-refractivity contribution is 7.46. The lowest BCUT2D eigenvalue weighted by molar-refractivity contribution is -0.158. The normalized spacial score (nSPS) is 9.89. The fourth-order valence-corrected chi connectivity index (χ4v) is 2.67. The van der Waals surface area contributed by atoms with Gasteiger partial charge in [0.05, 0.1) is 6.61 Å². The Kier molecular flexibility index (Phi) is 18.8. The Balaban J connectivity index is 4.61. The third-order valence-electron chi connectivity index (χ3n) is 3.85. The molecule has 0 heterocycles. The lowest BCUT2D eigenvalue weighted by Gasteiger charge is -2.17. The van der Waals surface area contributed by atoms with E-state index in [9.17, 15) is 14.2 Å². The van der Waals surface area contributed by atoms with Crippen molar-refractivity contribution in [3.05, 3.63) is 0 Å². The smallest absolute Gasteiger partial charge is 0.456 e. The molecule has 0 aliphatic heterocycles. The molecular weight excluding hydrogens is 471 g/mol. The Labute approximate surface area is 207 Å². The van der Waals surface area contributed by atoms with Gasteiger partial charge in [0.2, 0.25) is 0 Å². The Hall–Kier alpha value is -3.59. The maximum atomic E-state index is 12.0. The lowest BCUT2D eigenvalue weighted by Crippen LogP contribution is -2.29. The van der Waals surface area contributed by atoms with Gasteiger partial charge in [-0.05, 0) is 65.6 Å². The number of carbonyl (C=O) groups excluding carboxylic acids is 2. The Morgan fingerprint density at radius 2 is 1.37 bits per heavy atom. The highest BCUT2D eigenvalue weighted by Gasteiger charge is 2.22. The minimum absolute atomic E-state index is 0.130. The maximum Gasteiger partial charge on any atom is 0.469 e. The van der Waals surface area contributed by atoms with Crippen molar-refractivity contribution in [2.45, 2.75) is 64.4 Å². The predicted molar refractivity (Wildman–Crippen MR) is 129 cm³/mol. The molecule has 0 aliphatic carbocycles. The van der Waals surface area contributed by atoms with Crippen molar-refractivity contribution in [3.8, 4) is 71.5 Å². The van der Waals surface area contributed by atoms with Gasteiger partial charge in [0.15, 0.2) is 6.10 Å². The quantitative estimate of drug-likeness (QED) is 0.123. The van der Waals surface area contributed by atoms with Gasteiger partial charge in [-0.2, -0.15) is 0 Å². The fraction of sp³-hybridized carbons (Fsp3) is 0.462. The molecule has 184 valence electrons. The van der Waals surface area contributed by atoms with E-state index in [2.05, 4.69) is 76.6 Å². The summed E-state index contributed by atoms with van der Waals surface area (Å²) in [7, 11) is -4.81. The summed E-state index contributed by atoms with van der Waals surface area (Å²) in [5, 5.41) is 0. The van der Waals surface area contributed by atoms with Crippen LogP contribution in [0.4, 0.5) is 0 Å². The molecule has 0 bridgehead atoms.